The number of ether oxygens (including phenoxy) is 2. The van der Waals surface area contributed by atoms with E-state index in [1.807, 2.05) is 0 Å². The molecule has 8 heteroatoms. The van der Waals surface area contributed by atoms with Crippen molar-refractivity contribution in [2.75, 3.05) is 31.0 Å². The third-order valence-corrected chi connectivity index (χ3v) is 4.03. The molecule has 132 valence electrons. The summed E-state index contributed by atoms with van der Waals surface area (Å²) in [5, 5.41) is 6.86. The van der Waals surface area contributed by atoms with Crippen LogP contribution in [0, 0.1) is 0 Å². The van der Waals surface area contributed by atoms with E-state index in [9.17, 15) is 9.59 Å². The number of hydrogen-bond donors (Lipinski definition) is 1. The fourth-order valence-electron chi connectivity index (χ4n) is 2.85. The summed E-state index contributed by atoms with van der Waals surface area (Å²) in [5.74, 6) is 0.532. The van der Waals surface area contributed by atoms with Crippen LogP contribution in [-0.4, -0.2) is 42.4 Å². The molecule has 2 aromatic rings. The van der Waals surface area contributed by atoms with E-state index in [2.05, 4.69) is 10.4 Å². The molecule has 25 heavy (non-hydrogen) atoms. The highest BCUT2D eigenvalue weighted by Crippen LogP contribution is 2.34. The molecule has 2 amide bonds. The molecule has 1 aliphatic rings. The van der Waals surface area contributed by atoms with E-state index < -0.39 is 0 Å². The number of rotatable bonds is 5. The molecule has 1 fully saturated rings. The maximum Gasteiger partial charge on any atom is 0.262 e. The summed E-state index contributed by atoms with van der Waals surface area (Å²) in [6.07, 6.45) is 2.96. The van der Waals surface area contributed by atoms with Crippen molar-refractivity contribution in [3.8, 4) is 11.6 Å². The number of aryl methyl sites for hydroxylation is 1. The van der Waals surface area contributed by atoms with E-state index in [-0.39, 0.29) is 17.7 Å². The van der Waals surface area contributed by atoms with Crippen molar-refractivity contribution in [2.45, 2.75) is 12.8 Å². The first-order valence-corrected chi connectivity index (χ1v) is 7.91. The number of aromatic nitrogens is 2. The Kier molecular flexibility index (Phi) is 4.60. The summed E-state index contributed by atoms with van der Waals surface area (Å²) in [7, 11) is 4.71. The Hall–Kier alpha value is -3.03. The second-order valence-electron chi connectivity index (χ2n) is 5.72. The predicted molar refractivity (Wildman–Crippen MR) is 92.3 cm³/mol. The zero-order chi connectivity index (χ0) is 18.0. The Morgan fingerprint density at radius 1 is 1.28 bits per heavy atom. The van der Waals surface area contributed by atoms with Crippen LogP contribution < -0.4 is 19.7 Å². The maximum atomic E-state index is 12.5. The number of hydrogen-bond acceptors (Lipinski definition) is 5. The number of carbonyl (C=O) groups is 2. The second-order valence-corrected chi connectivity index (χ2v) is 5.72. The smallest absolute Gasteiger partial charge is 0.262 e. The van der Waals surface area contributed by atoms with Gasteiger partial charge in [-0.05, 0) is 18.6 Å². The zero-order valence-corrected chi connectivity index (χ0v) is 14.4. The first-order valence-electron chi connectivity index (χ1n) is 7.91. The lowest BCUT2D eigenvalue weighted by molar-refractivity contribution is -0.117. The molecule has 3 rings (SSSR count). The summed E-state index contributed by atoms with van der Waals surface area (Å²) in [6.45, 7) is 0.674. The highest BCUT2D eigenvalue weighted by Gasteiger charge is 2.25. The van der Waals surface area contributed by atoms with Gasteiger partial charge in [-0.3, -0.25) is 14.3 Å². The molecule has 1 saturated heterocycles. The van der Waals surface area contributed by atoms with Gasteiger partial charge < -0.3 is 19.7 Å². The van der Waals surface area contributed by atoms with Crippen molar-refractivity contribution in [1.82, 2.24) is 9.78 Å². The fourth-order valence-corrected chi connectivity index (χ4v) is 2.85. The van der Waals surface area contributed by atoms with Crippen molar-refractivity contribution in [1.29, 1.82) is 0 Å². The number of carbonyl (C=O) groups excluding carboxylic acids is 2. The maximum absolute atomic E-state index is 12.5. The van der Waals surface area contributed by atoms with Crippen molar-refractivity contribution in [3.05, 3.63) is 30.0 Å². The Bertz CT molecular complexity index is 815. The van der Waals surface area contributed by atoms with Crippen LogP contribution in [0.5, 0.6) is 11.6 Å². The van der Waals surface area contributed by atoms with Gasteiger partial charge in [0.15, 0.2) is 0 Å². The summed E-state index contributed by atoms with van der Waals surface area (Å²) >= 11 is 0. The Morgan fingerprint density at radius 2 is 2.08 bits per heavy atom. The third-order valence-electron chi connectivity index (χ3n) is 4.03. The minimum atomic E-state index is -0.336. The highest BCUT2D eigenvalue weighted by molar-refractivity contribution is 6.06. The molecule has 0 bridgehead atoms. The van der Waals surface area contributed by atoms with E-state index in [1.165, 1.54) is 18.9 Å². The molecule has 1 N–H and O–H groups in total. The summed E-state index contributed by atoms with van der Waals surface area (Å²) in [4.78, 5) is 26.1. The quantitative estimate of drug-likeness (QED) is 0.894. The molecule has 0 saturated carbocycles. The lowest BCUT2D eigenvalue weighted by Crippen LogP contribution is -2.24. The molecule has 0 radical (unpaired) electrons. The van der Waals surface area contributed by atoms with Gasteiger partial charge in [0.25, 0.3) is 5.91 Å². The monoisotopic (exact) mass is 344 g/mol. The van der Waals surface area contributed by atoms with Gasteiger partial charge in [0, 0.05) is 38.0 Å². The average molecular weight is 344 g/mol. The highest BCUT2D eigenvalue weighted by atomic mass is 16.5. The van der Waals surface area contributed by atoms with E-state index in [0.29, 0.717) is 35.7 Å². The number of methoxy groups -OCH3 is 2. The largest absolute Gasteiger partial charge is 0.494 e. The first-order chi connectivity index (χ1) is 12.0. The Balaban J connectivity index is 1.83. The van der Waals surface area contributed by atoms with Gasteiger partial charge in [0.05, 0.1) is 19.9 Å². The van der Waals surface area contributed by atoms with Crippen molar-refractivity contribution in [3.63, 3.8) is 0 Å². The van der Waals surface area contributed by atoms with Crippen LogP contribution in [0.4, 0.5) is 11.4 Å². The van der Waals surface area contributed by atoms with Gasteiger partial charge in [-0.25, -0.2) is 0 Å². The predicted octanol–water partition coefficient (Wildman–Crippen LogP) is 1.82. The number of nitrogens with zero attached hydrogens (tertiary/aromatic N) is 3. The van der Waals surface area contributed by atoms with Crippen molar-refractivity contribution in [2.24, 2.45) is 7.05 Å². The van der Waals surface area contributed by atoms with Crippen LogP contribution in [0.15, 0.2) is 24.4 Å². The molecule has 1 aliphatic heterocycles. The second kappa shape index (κ2) is 6.84. The number of nitrogens with one attached hydrogen (secondary N) is 1. The molecular weight excluding hydrogens is 324 g/mol. The number of anilines is 2. The van der Waals surface area contributed by atoms with E-state index >= 15 is 0 Å². The van der Waals surface area contributed by atoms with E-state index in [1.54, 1.807) is 36.3 Å². The minimum absolute atomic E-state index is 0.0789. The van der Waals surface area contributed by atoms with Crippen LogP contribution in [0.3, 0.4) is 0 Å². The molecular formula is C17H20N4O4. The first kappa shape index (κ1) is 16.8. The van der Waals surface area contributed by atoms with Crippen LogP contribution in [0.25, 0.3) is 0 Å². The lowest BCUT2D eigenvalue weighted by Gasteiger charge is -2.19. The molecule has 0 unspecified atom stereocenters. The SMILES string of the molecule is COc1cc(NC(=O)c2cn(C)nc2OC)ccc1N1CCCC1=O. The molecule has 0 spiro atoms. The van der Waals surface area contributed by atoms with E-state index in [4.69, 9.17) is 9.47 Å². The summed E-state index contributed by atoms with van der Waals surface area (Å²) in [5.41, 5.74) is 1.60. The van der Waals surface area contributed by atoms with Gasteiger partial charge >= 0.3 is 0 Å². The van der Waals surface area contributed by atoms with E-state index in [0.717, 1.165) is 6.42 Å². The topological polar surface area (TPSA) is 85.7 Å². The molecule has 0 aliphatic carbocycles. The van der Waals surface area contributed by atoms with Crippen LogP contribution in [0.2, 0.25) is 0 Å². The number of amides is 2. The molecule has 1 aromatic heterocycles. The number of benzene rings is 1. The fraction of sp³-hybridized carbons (Fsp3) is 0.353. The average Bonchev–Trinajstić information content (AvgIpc) is 3.20. The van der Waals surface area contributed by atoms with Crippen LogP contribution in [0.1, 0.15) is 23.2 Å². The Morgan fingerprint density at radius 3 is 2.72 bits per heavy atom. The lowest BCUT2D eigenvalue weighted by atomic mass is 10.2. The van der Waals surface area contributed by atoms with Crippen LogP contribution in [-0.2, 0) is 11.8 Å². The molecule has 2 heterocycles. The standard InChI is InChI=1S/C17H20N4O4/c1-20-10-12(17(19-20)25-3)16(23)18-11-6-7-13(14(9-11)24-2)21-8-4-5-15(21)22/h6-7,9-10H,4-5,8H2,1-3H3,(H,18,23). The van der Waals surface area contributed by atoms with Crippen molar-refractivity contribution >= 4 is 23.2 Å². The normalized spacial score (nSPS) is 13.9. The summed E-state index contributed by atoms with van der Waals surface area (Å²) in [6, 6.07) is 5.21. The Labute approximate surface area is 145 Å². The summed E-state index contributed by atoms with van der Waals surface area (Å²) < 4.78 is 12.0. The molecule has 1 aromatic carbocycles. The molecule has 0 atom stereocenters. The van der Waals surface area contributed by atoms with Gasteiger partial charge in [-0.15, -0.1) is 5.10 Å². The molecule has 8 nitrogen and oxygen atoms in total. The van der Waals surface area contributed by atoms with Gasteiger partial charge in [-0.2, -0.15) is 0 Å². The van der Waals surface area contributed by atoms with Gasteiger partial charge in [0.1, 0.15) is 11.3 Å². The van der Waals surface area contributed by atoms with Crippen molar-refractivity contribution < 1.29 is 19.1 Å². The minimum Gasteiger partial charge on any atom is -0.494 e. The van der Waals surface area contributed by atoms with Gasteiger partial charge in [-0.1, -0.05) is 0 Å². The third kappa shape index (κ3) is 3.28. The van der Waals surface area contributed by atoms with Gasteiger partial charge in [0.2, 0.25) is 11.8 Å². The van der Waals surface area contributed by atoms with Crippen LogP contribution >= 0.6 is 0 Å². The zero-order valence-electron chi connectivity index (χ0n) is 14.4.